The lowest BCUT2D eigenvalue weighted by atomic mass is 9.83. The van der Waals surface area contributed by atoms with E-state index in [1.165, 1.54) is 0 Å². The number of nitrogens with two attached hydrogens (primary N) is 1. The Bertz CT molecular complexity index is 3260. The van der Waals surface area contributed by atoms with Gasteiger partial charge in [0, 0.05) is 66.6 Å². The molecule has 4 aromatic carbocycles. The number of hydrogen-bond acceptors (Lipinski definition) is 15. The number of oxazole rings is 1. The number of aromatic nitrogens is 6. The molecule has 0 radical (unpaired) electrons. The first kappa shape index (κ1) is 49.8. The van der Waals surface area contributed by atoms with Crippen LogP contribution in [0.4, 0.5) is 22.9 Å². The van der Waals surface area contributed by atoms with Gasteiger partial charge in [-0.3, -0.25) is 14.4 Å². The molecule has 73 heavy (non-hydrogen) atoms. The van der Waals surface area contributed by atoms with Crippen LogP contribution in [0.25, 0.3) is 44.7 Å². The SMILES string of the molecule is CCN(CCN(C)C)c1cc(C(=O)Nc2ccccc2-c2nnc(C(N)=O)s2)nc(-c2cccc(CC(C)(C)c3cnc(-c4ccccc4NC(=O)c4cc(N5CCOCC5)cc(-c5ccccc5)n4)o3)c2)n1. The largest absolute Gasteiger partial charge is 0.441 e. The number of likely N-dealkylation sites (N-methyl/N-ethyl adjacent to an activating group) is 2. The lowest BCUT2D eigenvalue weighted by molar-refractivity contribution is 0.0995. The third kappa shape index (κ3) is 11.8. The molecular weight excluding hydrogens is 941 g/mol. The maximum atomic E-state index is 14.2. The van der Waals surface area contributed by atoms with Gasteiger partial charge in [0.05, 0.1) is 42.0 Å². The Balaban J connectivity index is 0.963. The highest BCUT2D eigenvalue weighted by Crippen LogP contribution is 2.36. The second-order valence-electron chi connectivity index (χ2n) is 18.4. The van der Waals surface area contributed by atoms with Crippen molar-refractivity contribution < 1.29 is 23.5 Å². The van der Waals surface area contributed by atoms with Gasteiger partial charge in [0.1, 0.15) is 28.0 Å². The van der Waals surface area contributed by atoms with Crippen LogP contribution < -0.4 is 26.2 Å². The normalized spacial score (nSPS) is 12.7. The molecule has 8 aromatic rings. The van der Waals surface area contributed by atoms with E-state index in [9.17, 15) is 14.4 Å². The zero-order valence-electron chi connectivity index (χ0n) is 41.3. The summed E-state index contributed by atoms with van der Waals surface area (Å²) in [6.45, 7) is 11.0. The van der Waals surface area contributed by atoms with Crippen molar-refractivity contribution >= 4 is 51.9 Å². The second-order valence-corrected chi connectivity index (χ2v) is 19.4. The molecule has 1 aliphatic rings. The smallest absolute Gasteiger partial charge is 0.279 e. The molecule has 4 aromatic heterocycles. The number of nitrogens with zero attached hydrogens (tertiary/aromatic N) is 9. The summed E-state index contributed by atoms with van der Waals surface area (Å²) in [5.41, 5.74) is 11.8. The summed E-state index contributed by atoms with van der Waals surface area (Å²) in [6, 6.07) is 37.9. The lowest BCUT2D eigenvalue weighted by Gasteiger charge is -2.29. The quantitative estimate of drug-likeness (QED) is 0.0734. The average molecular weight is 997 g/mol. The Morgan fingerprint density at radius 2 is 1.42 bits per heavy atom. The maximum absolute atomic E-state index is 14.2. The number of morpholine rings is 1. The zero-order valence-corrected chi connectivity index (χ0v) is 42.1. The Morgan fingerprint density at radius 3 is 2.12 bits per heavy atom. The number of anilines is 4. The summed E-state index contributed by atoms with van der Waals surface area (Å²) in [5.74, 6) is 0.509. The molecule has 1 fully saturated rings. The molecule has 18 heteroatoms. The Labute approximate surface area is 427 Å². The molecule has 1 saturated heterocycles. The highest BCUT2D eigenvalue weighted by Gasteiger charge is 2.28. The number of hydrogen-bond donors (Lipinski definition) is 3. The van der Waals surface area contributed by atoms with E-state index in [1.54, 1.807) is 30.5 Å². The van der Waals surface area contributed by atoms with Crippen LogP contribution in [-0.2, 0) is 16.6 Å². The van der Waals surface area contributed by atoms with Gasteiger partial charge in [-0.15, -0.1) is 10.2 Å². The zero-order chi connectivity index (χ0) is 51.1. The number of rotatable bonds is 18. The molecule has 0 unspecified atom stereocenters. The van der Waals surface area contributed by atoms with Crippen LogP contribution in [0, 0.1) is 0 Å². The van der Waals surface area contributed by atoms with Gasteiger partial charge in [-0.25, -0.2) is 19.9 Å². The number of amides is 3. The van der Waals surface area contributed by atoms with Crippen LogP contribution in [0.15, 0.2) is 132 Å². The number of nitrogens with one attached hydrogen (secondary N) is 2. The molecule has 0 bridgehead atoms. The van der Waals surface area contributed by atoms with Crippen LogP contribution in [-0.4, -0.2) is 113 Å². The van der Waals surface area contributed by atoms with E-state index in [2.05, 4.69) is 49.4 Å². The standard InChI is InChI=1S/C55H56N12O5S/c1-6-66(24-23-65(4)5)47-32-45(51(70)61-42-22-13-11-20-40(42)53-63-64-54(73-53)48(56)68)59-49(62-47)37-18-14-15-35(29-37)33-55(2,3)46-34-57-52(72-46)39-19-10-12-21-41(39)60-50(69)44-31-38(67-25-27-71-28-26-67)30-43(58-44)36-16-8-7-9-17-36/h7-22,29-32,34H,6,23-28,33H2,1-5H3,(H2,56,68)(H,60,69)(H,61,70). The van der Waals surface area contributed by atoms with E-state index in [1.807, 2.05) is 118 Å². The summed E-state index contributed by atoms with van der Waals surface area (Å²) in [6.07, 6.45) is 2.29. The van der Waals surface area contributed by atoms with Crippen LogP contribution in [0.5, 0.6) is 0 Å². The van der Waals surface area contributed by atoms with Crippen molar-refractivity contribution in [2.24, 2.45) is 5.73 Å². The molecule has 372 valence electrons. The molecule has 0 saturated carbocycles. The van der Waals surface area contributed by atoms with Crippen molar-refractivity contribution in [3.05, 3.63) is 155 Å². The van der Waals surface area contributed by atoms with Gasteiger partial charge in [-0.05, 0) is 75.5 Å². The van der Waals surface area contributed by atoms with Crippen molar-refractivity contribution in [3.63, 3.8) is 0 Å². The van der Waals surface area contributed by atoms with Crippen molar-refractivity contribution in [3.8, 4) is 44.7 Å². The summed E-state index contributed by atoms with van der Waals surface area (Å²) < 4.78 is 12.2. The van der Waals surface area contributed by atoms with E-state index in [-0.39, 0.29) is 22.3 Å². The van der Waals surface area contributed by atoms with Gasteiger partial charge in [-0.1, -0.05) is 98.0 Å². The van der Waals surface area contributed by atoms with E-state index in [4.69, 9.17) is 34.8 Å². The fourth-order valence-electron chi connectivity index (χ4n) is 8.48. The number of carbonyl (C=O) groups is 3. The third-order valence-corrected chi connectivity index (χ3v) is 13.4. The Morgan fingerprint density at radius 1 is 0.753 bits per heavy atom. The minimum Gasteiger partial charge on any atom is -0.441 e. The van der Waals surface area contributed by atoms with E-state index >= 15 is 0 Å². The molecule has 1 aliphatic heterocycles. The minimum absolute atomic E-state index is 0.0667. The molecular formula is C55H56N12O5S. The molecule has 0 atom stereocenters. The topological polar surface area (TPSA) is 211 Å². The number of para-hydroxylation sites is 2. The predicted octanol–water partition coefficient (Wildman–Crippen LogP) is 8.73. The highest BCUT2D eigenvalue weighted by molar-refractivity contribution is 7.16. The first-order valence-electron chi connectivity index (χ1n) is 24.0. The monoisotopic (exact) mass is 996 g/mol. The first-order valence-corrected chi connectivity index (χ1v) is 24.8. The highest BCUT2D eigenvalue weighted by atomic mass is 32.1. The van der Waals surface area contributed by atoms with Gasteiger partial charge < -0.3 is 40.2 Å². The predicted molar refractivity (Wildman–Crippen MR) is 285 cm³/mol. The van der Waals surface area contributed by atoms with Crippen molar-refractivity contribution in [1.82, 2.24) is 35.0 Å². The number of primary amides is 1. The van der Waals surface area contributed by atoms with Crippen LogP contribution >= 0.6 is 11.3 Å². The fourth-order valence-corrected chi connectivity index (χ4v) is 9.22. The number of pyridine rings is 1. The summed E-state index contributed by atoms with van der Waals surface area (Å²) in [7, 11) is 4.03. The van der Waals surface area contributed by atoms with E-state index in [0.29, 0.717) is 102 Å². The van der Waals surface area contributed by atoms with Crippen LogP contribution in [0.1, 0.15) is 62.9 Å². The molecule has 9 rings (SSSR count). The number of carbonyl (C=O) groups excluding carboxylic acids is 3. The molecule has 17 nitrogen and oxygen atoms in total. The van der Waals surface area contributed by atoms with E-state index in [0.717, 1.165) is 40.3 Å². The minimum atomic E-state index is -0.680. The second kappa shape index (κ2) is 22.1. The maximum Gasteiger partial charge on any atom is 0.279 e. The number of ether oxygens (including phenoxy) is 1. The molecule has 0 spiro atoms. The average Bonchev–Trinajstić information content (AvgIpc) is 4.12. The summed E-state index contributed by atoms with van der Waals surface area (Å²) >= 11 is 1.04. The molecule has 3 amide bonds. The number of benzene rings is 4. The Kier molecular flexibility index (Phi) is 15.0. The van der Waals surface area contributed by atoms with Crippen molar-refractivity contribution in [2.45, 2.75) is 32.6 Å². The molecule has 5 heterocycles. The summed E-state index contributed by atoms with van der Waals surface area (Å²) in [4.78, 5) is 66.0. The lowest BCUT2D eigenvalue weighted by Crippen LogP contribution is -2.36. The molecule has 0 aliphatic carbocycles. The van der Waals surface area contributed by atoms with Gasteiger partial charge in [0.15, 0.2) is 5.82 Å². The molecule has 4 N–H and O–H groups in total. The van der Waals surface area contributed by atoms with Crippen molar-refractivity contribution in [2.75, 3.05) is 80.5 Å². The Hall–Kier alpha value is -8.19. The van der Waals surface area contributed by atoms with Crippen LogP contribution in [0.3, 0.4) is 0 Å². The van der Waals surface area contributed by atoms with Gasteiger partial charge in [-0.2, -0.15) is 0 Å². The fraction of sp³-hybridized carbons (Fsp3) is 0.255. The van der Waals surface area contributed by atoms with Crippen LogP contribution in [0.2, 0.25) is 0 Å². The summed E-state index contributed by atoms with van der Waals surface area (Å²) in [5, 5.41) is 14.7. The van der Waals surface area contributed by atoms with Gasteiger partial charge >= 0.3 is 0 Å². The van der Waals surface area contributed by atoms with Crippen molar-refractivity contribution in [1.29, 1.82) is 0 Å². The van der Waals surface area contributed by atoms with E-state index < -0.39 is 17.2 Å². The van der Waals surface area contributed by atoms with Gasteiger partial charge in [0.25, 0.3) is 17.7 Å². The third-order valence-electron chi connectivity index (χ3n) is 12.4. The van der Waals surface area contributed by atoms with Gasteiger partial charge in [0.2, 0.25) is 10.9 Å². The first-order chi connectivity index (χ1) is 35.3.